The van der Waals surface area contributed by atoms with E-state index in [0.29, 0.717) is 0 Å². The van der Waals surface area contributed by atoms with E-state index in [1.54, 1.807) is 20.8 Å². The molecule has 0 saturated heterocycles. The highest BCUT2D eigenvalue weighted by Crippen LogP contribution is 2.06. The zero-order valence-corrected chi connectivity index (χ0v) is 7.21. The van der Waals surface area contributed by atoms with Gasteiger partial charge in [-0.15, -0.1) is 0 Å². The van der Waals surface area contributed by atoms with Crippen molar-refractivity contribution < 1.29 is 14.7 Å². The summed E-state index contributed by atoms with van der Waals surface area (Å²) >= 11 is 0. The molecule has 0 aliphatic carbocycles. The second kappa shape index (κ2) is 3.37. The van der Waals surface area contributed by atoms with Crippen LogP contribution in [0.2, 0.25) is 0 Å². The van der Waals surface area contributed by atoms with Crippen molar-refractivity contribution in [3.05, 3.63) is 0 Å². The quantitative estimate of drug-likeness (QED) is 0.270. The molecule has 0 spiro atoms. The van der Waals surface area contributed by atoms with Crippen molar-refractivity contribution in [1.29, 1.82) is 0 Å². The lowest BCUT2D eigenvalue weighted by Gasteiger charge is -2.18. The first-order chi connectivity index (χ1) is 4.87. The van der Waals surface area contributed by atoms with Gasteiger partial charge in [-0.3, -0.25) is 0 Å². The van der Waals surface area contributed by atoms with Gasteiger partial charge in [0.1, 0.15) is 5.60 Å². The van der Waals surface area contributed by atoms with Gasteiger partial charge in [0.15, 0.2) is 5.71 Å². The molecule has 0 bridgehead atoms. The van der Waals surface area contributed by atoms with E-state index >= 15 is 0 Å². The number of esters is 1. The van der Waals surface area contributed by atoms with E-state index in [-0.39, 0.29) is 5.71 Å². The normalized spacial score (nSPS) is 12.9. The summed E-state index contributed by atoms with van der Waals surface area (Å²) in [5.74, 6) is -0.597. The standard InChI is InChI=1S/C7H13NO3/c1-5(8-10)6(9)11-7(2,3)4/h10H,1-4H3. The summed E-state index contributed by atoms with van der Waals surface area (Å²) in [4.78, 5) is 10.9. The van der Waals surface area contributed by atoms with Crippen molar-refractivity contribution in [2.45, 2.75) is 33.3 Å². The predicted molar refractivity (Wildman–Crippen MR) is 40.7 cm³/mol. The van der Waals surface area contributed by atoms with E-state index in [4.69, 9.17) is 9.94 Å². The third-order valence-corrected chi connectivity index (χ3v) is 0.844. The third kappa shape index (κ3) is 4.36. The first-order valence-electron chi connectivity index (χ1n) is 3.29. The maximum atomic E-state index is 10.9. The van der Waals surface area contributed by atoms with Gasteiger partial charge in [0.05, 0.1) is 0 Å². The Morgan fingerprint density at radius 2 is 1.91 bits per heavy atom. The zero-order chi connectivity index (χ0) is 9.07. The predicted octanol–water partition coefficient (Wildman–Crippen LogP) is 1.18. The van der Waals surface area contributed by atoms with Crippen LogP contribution < -0.4 is 0 Å². The van der Waals surface area contributed by atoms with Crippen LogP contribution in [0.15, 0.2) is 5.16 Å². The van der Waals surface area contributed by atoms with Crippen LogP contribution in [-0.2, 0) is 9.53 Å². The number of carbonyl (C=O) groups is 1. The lowest BCUT2D eigenvalue weighted by Crippen LogP contribution is -2.27. The van der Waals surface area contributed by atoms with Gasteiger partial charge in [-0.2, -0.15) is 0 Å². The van der Waals surface area contributed by atoms with Crippen molar-refractivity contribution in [2.75, 3.05) is 0 Å². The number of nitrogens with zero attached hydrogens (tertiary/aromatic N) is 1. The molecule has 0 aromatic carbocycles. The average Bonchev–Trinajstić information content (AvgIpc) is 1.82. The van der Waals surface area contributed by atoms with Gasteiger partial charge in [0.2, 0.25) is 0 Å². The second-order valence-electron chi connectivity index (χ2n) is 3.19. The molecule has 11 heavy (non-hydrogen) atoms. The number of oxime groups is 1. The van der Waals surface area contributed by atoms with Gasteiger partial charge in [-0.1, -0.05) is 5.16 Å². The molecule has 0 aromatic heterocycles. The fraction of sp³-hybridized carbons (Fsp3) is 0.714. The molecule has 4 nitrogen and oxygen atoms in total. The Morgan fingerprint density at radius 3 is 2.18 bits per heavy atom. The molecule has 0 amide bonds. The van der Waals surface area contributed by atoms with Gasteiger partial charge >= 0.3 is 5.97 Å². The van der Waals surface area contributed by atoms with Gasteiger partial charge in [0.25, 0.3) is 0 Å². The van der Waals surface area contributed by atoms with E-state index in [1.165, 1.54) is 6.92 Å². The summed E-state index contributed by atoms with van der Waals surface area (Å²) in [5, 5.41) is 10.9. The molecule has 1 N–H and O–H groups in total. The Labute approximate surface area is 65.8 Å². The molecular formula is C7H13NO3. The maximum absolute atomic E-state index is 10.9. The van der Waals surface area contributed by atoms with Crippen molar-refractivity contribution in [3.8, 4) is 0 Å². The van der Waals surface area contributed by atoms with Gasteiger partial charge in [-0.25, -0.2) is 4.79 Å². The minimum absolute atomic E-state index is 0.0417. The fourth-order valence-electron chi connectivity index (χ4n) is 0.393. The minimum atomic E-state index is -0.597. The van der Waals surface area contributed by atoms with E-state index in [1.807, 2.05) is 0 Å². The second-order valence-corrected chi connectivity index (χ2v) is 3.19. The molecule has 0 aliphatic heterocycles. The van der Waals surface area contributed by atoms with Crippen LogP contribution in [0.5, 0.6) is 0 Å². The lowest BCUT2D eigenvalue weighted by atomic mass is 10.2. The summed E-state index contributed by atoms with van der Waals surface area (Å²) in [6, 6.07) is 0. The molecule has 0 heterocycles. The summed E-state index contributed by atoms with van der Waals surface area (Å²) in [7, 11) is 0. The van der Waals surface area contributed by atoms with Crippen LogP contribution in [0.25, 0.3) is 0 Å². The van der Waals surface area contributed by atoms with Crippen LogP contribution in [0.4, 0.5) is 0 Å². The van der Waals surface area contributed by atoms with Crippen LogP contribution in [-0.4, -0.2) is 22.5 Å². The van der Waals surface area contributed by atoms with Crippen molar-refractivity contribution in [3.63, 3.8) is 0 Å². The molecule has 0 aromatic rings. The van der Waals surface area contributed by atoms with Crippen molar-refractivity contribution in [2.24, 2.45) is 5.16 Å². The third-order valence-electron chi connectivity index (χ3n) is 0.844. The summed E-state index contributed by atoms with van der Waals surface area (Å²) in [6.07, 6.45) is 0. The number of hydrogen-bond donors (Lipinski definition) is 1. The van der Waals surface area contributed by atoms with Crippen molar-refractivity contribution >= 4 is 11.7 Å². The Bertz CT molecular complexity index is 179. The lowest BCUT2D eigenvalue weighted by molar-refractivity contribution is -0.146. The average molecular weight is 159 g/mol. The Hall–Kier alpha value is -1.06. The van der Waals surface area contributed by atoms with Gasteiger partial charge < -0.3 is 9.94 Å². The number of rotatable bonds is 1. The highest BCUT2D eigenvalue weighted by molar-refractivity contribution is 6.35. The molecular weight excluding hydrogens is 146 g/mol. The highest BCUT2D eigenvalue weighted by Gasteiger charge is 2.18. The highest BCUT2D eigenvalue weighted by atomic mass is 16.6. The van der Waals surface area contributed by atoms with E-state index in [0.717, 1.165) is 0 Å². The Kier molecular flexibility index (Phi) is 3.04. The smallest absolute Gasteiger partial charge is 0.356 e. The Morgan fingerprint density at radius 1 is 1.45 bits per heavy atom. The largest absolute Gasteiger partial charge is 0.455 e. The van der Waals surface area contributed by atoms with Gasteiger partial charge in [-0.05, 0) is 27.7 Å². The molecule has 0 fully saturated rings. The Balaban J connectivity index is 4.10. The SMILES string of the molecule is CC(=NO)C(=O)OC(C)(C)C. The maximum Gasteiger partial charge on any atom is 0.356 e. The van der Waals surface area contributed by atoms with Crippen LogP contribution >= 0.6 is 0 Å². The number of carbonyl (C=O) groups excluding carboxylic acids is 1. The van der Waals surface area contributed by atoms with Gasteiger partial charge in [0, 0.05) is 0 Å². The molecule has 64 valence electrons. The fourth-order valence-corrected chi connectivity index (χ4v) is 0.393. The van der Waals surface area contributed by atoms with Crippen LogP contribution in [0, 0.1) is 0 Å². The first kappa shape index (κ1) is 9.94. The number of hydrogen-bond acceptors (Lipinski definition) is 4. The van der Waals surface area contributed by atoms with Crippen LogP contribution in [0.3, 0.4) is 0 Å². The first-order valence-corrected chi connectivity index (χ1v) is 3.29. The monoisotopic (exact) mass is 159 g/mol. The van der Waals surface area contributed by atoms with Crippen molar-refractivity contribution in [1.82, 2.24) is 0 Å². The molecule has 0 radical (unpaired) electrons. The van der Waals surface area contributed by atoms with E-state index < -0.39 is 11.6 Å². The number of ether oxygens (including phenoxy) is 1. The van der Waals surface area contributed by atoms with E-state index in [2.05, 4.69) is 5.16 Å². The summed E-state index contributed by atoms with van der Waals surface area (Å²) in [6.45, 7) is 6.62. The van der Waals surface area contributed by atoms with E-state index in [9.17, 15) is 4.79 Å². The molecule has 0 saturated carbocycles. The topological polar surface area (TPSA) is 58.9 Å². The molecule has 0 atom stereocenters. The molecule has 0 unspecified atom stereocenters. The summed E-state index contributed by atoms with van der Waals surface area (Å²) in [5.41, 5.74) is -0.580. The van der Waals surface area contributed by atoms with Crippen LogP contribution in [0.1, 0.15) is 27.7 Å². The minimum Gasteiger partial charge on any atom is -0.455 e. The molecule has 0 aliphatic rings. The molecule has 4 heteroatoms. The molecule has 0 rings (SSSR count). The zero-order valence-electron chi connectivity index (χ0n) is 7.21. The summed E-state index contributed by atoms with van der Waals surface area (Å²) < 4.78 is 4.86.